The highest BCUT2D eigenvalue weighted by Crippen LogP contribution is 2.37. The lowest BCUT2D eigenvalue weighted by Gasteiger charge is -2.21. The first kappa shape index (κ1) is 10.9. The Hall–Kier alpha value is -1.61. The molecule has 0 unspecified atom stereocenters. The molecule has 2 atom stereocenters. The fraction of sp³-hybridized carbons (Fsp3) is 0.308. The van der Waals surface area contributed by atoms with Gasteiger partial charge in [-0.2, -0.15) is 0 Å². The molecule has 84 valence electrons. The summed E-state index contributed by atoms with van der Waals surface area (Å²) in [7, 11) is 0. The molecule has 0 bridgehead atoms. The zero-order valence-corrected chi connectivity index (χ0v) is 9.40. The summed E-state index contributed by atoms with van der Waals surface area (Å²) in [5, 5.41) is 0. The summed E-state index contributed by atoms with van der Waals surface area (Å²) in [6.07, 6.45) is -0.650. The molecule has 0 saturated carbocycles. The van der Waals surface area contributed by atoms with Crippen LogP contribution in [0.5, 0.6) is 0 Å². The summed E-state index contributed by atoms with van der Waals surface area (Å²) in [4.78, 5) is 11.7. The Bertz CT molecular complexity index is 424. The van der Waals surface area contributed by atoms with E-state index in [1.165, 1.54) is 0 Å². The van der Waals surface area contributed by atoms with Crippen LogP contribution in [0.1, 0.15) is 25.5 Å². The first-order valence-electron chi connectivity index (χ1n) is 5.14. The third kappa shape index (κ3) is 1.74. The average Bonchev–Trinajstić information content (AvgIpc) is 2.57. The predicted octanol–water partition coefficient (Wildman–Crippen LogP) is 2.59. The molecule has 0 aromatic heterocycles. The second-order valence-electron chi connectivity index (χ2n) is 4.06. The Morgan fingerprint density at radius 2 is 2.00 bits per heavy atom. The largest absolute Gasteiger partial charge is 0.427 e. The third-order valence-corrected chi connectivity index (χ3v) is 2.73. The zero-order valence-electron chi connectivity index (χ0n) is 9.40. The molecule has 0 aliphatic carbocycles. The molecular formula is C13H14O3. The van der Waals surface area contributed by atoms with E-state index in [-0.39, 0.29) is 5.97 Å². The highest BCUT2D eigenvalue weighted by atomic mass is 16.8. The Labute approximate surface area is 94.7 Å². The molecule has 1 aromatic rings. The molecule has 16 heavy (non-hydrogen) atoms. The molecule has 1 heterocycles. The Kier molecular flexibility index (Phi) is 2.56. The molecule has 0 spiro atoms. The van der Waals surface area contributed by atoms with Gasteiger partial charge in [-0.25, -0.2) is 4.79 Å². The zero-order chi connectivity index (χ0) is 11.8. The van der Waals surface area contributed by atoms with E-state index in [1.807, 2.05) is 30.3 Å². The second kappa shape index (κ2) is 3.76. The van der Waals surface area contributed by atoms with Crippen LogP contribution in [0, 0.1) is 0 Å². The van der Waals surface area contributed by atoms with Crippen molar-refractivity contribution < 1.29 is 14.3 Å². The van der Waals surface area contributed by atoms with Gasteiger partial charge in [0.15, 0.2) is 6.10 Å². The van der Waals surface area contributed by atoms with Crippen LogP contribution in [0.3, 0.4) is 0 Å². The van der Waals surface area contributed by atoms with Gasteiger partial charge in [-0.1, -0.05) is 36.9 Å². The van der Waals surface area contributed by atoms with Gasteiger partial charge >= 0.3 is 5.97 Å². The molecule has 1 saturated heterocycles. The van der Waals surface area contributed by atoms with E-state index in [4.69, 9.17) is 9.47 Å². The van der Waals surface area contributed by atoms with E-state index in [0.717, 1.165) is 5.56 Å². The van der Waals surface area contributed by atoms with Crippen molar-refractivity contribution in [3.05, 3.63) is 48.0 Å². The lowest BCUT2D eigenvalue weighted by atomic mass is 10.1. The molecule has 0 amide bonds. The quantitative estimate of drug-likeness (QED) is 0.565. The highest BCUT2D eigenvalue weighted by Gasteiger charge is 2.45. The summed E-state index contributed by atoms with van der Waals surface area (Å²) in [6.45, 7) is 7.25. The number of esters is 1. The van der Waals surface area contributed by atoms with Crippen molar-refractivity contribution in [2.75, 3.05) is 0 Å². The Morgan fingerprint density at radius 3 is 2.50 bits per heavy atom. The smallest absolute Gasteiger partial charge is 0.342 e. The fourth-order valence-corrected chi connectivity index (χ4v) is 1.56. The van der Waals surface area contributed by atoms with Crippen LogP contribution >= 0.6 is 0 Å². The second-order valence-corrected chi connectivity index (χ2v) is 4.06. The summed E-state index contributed by atoms with van der Waals surface area (Å²) in [5.41, 5.74) is 1.48. The summed E-state index contributed by atoms with van der Waals surface area (Å²) < 4.78 is 10.9. The Morgan fingerprint density at radius 1 is 1.38 bits per heavy atom. The lowest BCUT2D eigenvalue weighted by Crippen LogP contribution is -2.26. The maximum absolute atomic E-state index is 11.7. The number of rotatable bonds is 2. The molecule has 0 radical (unpaired) electrons. The molecule has 2 rings (SSSR count). The van der Waals surface area contributed by atoms with E-state index < -0.39 is 11.9 Å². The molecular weight excluding hydrogens is 204 g/mol. The molecule has 3 heteroatoms. The van der Waals surface area contributed by atoms with Crippen molar-refractivity contribution in [1.82, 2.24) is 0 Å². The van der Waals surface area contributed by atoms with Gasteiger partial charge in [0, 0.05) is 6.92 Å². The predicted molar refractivity (Wildman–Crippen MR) is 59.6 cm³/mol. The number of ether oxygens (including phenoxy) is 2. The first-order valence-corrected chi connectivity index (χ1v) is 5.14. The van der Waals surface area contributed by atoms with Gasteiger partial charge in [-0.05, 0) is 18.1 Å². The van der Waals surface area contributed by atoms with Crippen molar-refractivity contribution in [3.63, 3.8) is 0 Å². The van der Waals surface area contributed by atoms with Gasteiger partial charge in [0.05, 0.1) is 0 Å². The van der Waals surface area contributed by atoms with Crippen LogP contribution in [0.4, 0.5) is 0 Å². The molecule has 0 N–H and O–H groups in total. The average molecular weight is 218 g/mol. The van der Waals surface area contributed by atoms with Crippen LogP contribution in [0.15, 0.2) is 42.5 Å². The number of cyclic esters (lactones) is 1. The van der Waals surface area contributed by atoms with Gasteiger partial charge in [-0.3, -0.25) is 0 Å². The van der Waals surface area contributed by atoms with E-state index >= 15 is 0 Å². The fourth-order valence-electron chi connectivity index (χ4n) is 1.56. The van der Waals surface area contributed by atoms with Gasteiger partial charge in [0.2, 0.25) is 5.79 Å². The molecule has 1 aliphatic heterocycles. The number of hydrogen-bond donors (Lipinski definition) is 0. The molecule has 3 nitrogen and oxygen atoms in total. The van der Waals surface area contributed by atoms with E-state index in [0.29, 0.717) is 5.57 Å². The maximum Gasteiger partial charge on any atom is 0.342 e. The van der Waals surface area contributed by atoms with Gasteiger partial charge in [0.1, 0.15) is 0 Å². The number of carbonyl (C=O) groups excluding carboxylic acids is 1. The van der Waals surface area contributed by atoms with Crippen molar-refractivity contribution in [2.45, 2.75) is 25.7 Å². The normalized spacial score (nSPS) is 28.9. The van der Waals surface area contributed by atoms with Gasteiger partial charge in [-0.15, -0.1) is 0 Å². The van der Waals surface area contributed by atoms with Crippen molar-refractivity contribution in [2.24, 2.45) is 0 Å². The summed E-state index contributed by atoms with van der Waals surface area (Å²) >= 11 is 0. The number of carbonyl (C=O) groups is 1. The Balaban J connectivity index is 2.27. The highest BCUT2D eigenvalue weighted by molar-refractivity contribution is 5.78. The topological polar surface area (TPSA) is 35.5 Å². The van der Waals surface area contributed by atoms with Crippen molar-refractivity contribution in [1.29, 1.82) is 0 Å². The van der Waals surface area contributed by atoms with Gasteiger partial charge in [0.25, 0.3) is 0 Å². The molecule has 1 fully saturated rings. The van der Waals surface area contributed by atoms with Crippen LogP contribution in [-0.2, 0) is 14.3 Å². The molecule has 1 aromatic carbocycles. The lowest BCUT2D eigenvalue weighted by molar-refractivity contribution is -0.154. The van der Waals surface area contributed by atoms with Crippen LogP contribution < -0.4 is 0 Å². The SMILES string of the molecule is C=C(C)[C@@]1(C)OC(=O)[C@@H](c2ccccc2)O1. The minimum Gasteiger partial charge on any atom is -0.427 e. The third-order valence-electron chi connectivity index (χ3n) is 2.73. The van der Waals surface area contributed by atoms with E-state index in [2.05, 4.69) is 6.58 Å². The van der Waals surface area contributed by atoms with E-state index in [9.17, 15) is 4.79 Å². The van der Waals surface area contributed by atoms with E-state index in [1.54, 1.807) is 13.8 Å². The summed E-state index contributed by atoms with van der Waals surface area (Å²) in [6, 6.07) is 9.30. The van der Waals surface area contributed by atoms with Gasteiger partial charge < -0.3 is 9.47 Å². The monoisotopic (exact) mass is 218 g/mol. The standard InChI is InChI=1S/C13H14O3/c1-9(2)13(3)15-11(12(14)16-13)10-7-5-4-6-8-10/h4-8,11H,1H2,2-3H3/t11-,13-/m1/s1. The van der Waals surface area contributed by atoms with Crippen LogP contribution in [0.2, 0.25) is 0 Å². The van der Waals surface area contributed by atoms with Crippen molar-refractivity contribution in [3.8, 4) is 0 Å². The molecule has 1 aliphatic rings. The number of benzene rings is 1. The van der Waals surface area contributed by atoms with Crippen LogP contribution in [0.25, 0.3) is 0 Å². The minimum absolute atomic E-state index is 0.364. The minimum atomic E-state index is -1.00. The first-order chi connectivity index (χ1) is 7.53. The number of hydrogen-bond acceptors (Lipinski definition) is 3. The summed E-state index contributed by atoms with van der Waals surface area (Å²) in [5.74, 6) is -1.37. The van der Waals surface area contributed by atoms with Crippen LogP contribution in [-0.4, -0.2) is 11.8 Å². The van der Waals surface area contributed by atoms with Crippen molar-refractivity contribution >= 4 is 5.97 Å². The maximum atomic E-state index is 11.7.